The Morgan fingerprint density at radius 1 is 0.939 bits per heavy atom. The predicted octanol–water partition coefficient (Wildman–Crippen LogP) is 4.41. The molecule has 0 bridgehead atoms. The Bertz CT molecular complexity index is 1050. The summed E-state index contributed by atoms with van der Waals surface area (Å²) in [5, 5.41) is 4.03. The topological polar surface area (TPSA) is 71.7 Å². The summed E-state index contributed by atoms with van der Waals surface area (Å²) in [7, 11) is 0. The van der Waals surface area contributed by atoms with E-state index in [1.54, 1.807) is 0 Å². The van der Waals surface area contributed by atoms with Crippen molar-refractivity contribution in [3.8, 4) is 17.1 Å². The Balaban J connectivity index is 1.20. The largest absolute Gasteiger partial charge is 0.483 e. The molecule has 172 valence electrons. The van der Waals surface area contributed by atoms with Crippen LogP contribution in [0.2, 0.25) is 0 Å². The van der Waals surface area contributed by atoms with Crippen molar-refractivity contribution < 1.29 is 14.1 Å². The van der Waals surface area contributed by atoms with Crippen LogP contribution in [-0.2, 0) is 6.61 Å². The van der Waals surface area contributed by atoms with Crippen LogP contribution in [0.25, 0.3) is 11.4 Å². The molecular formula is C26H30N4O3. The van der Waals surface area contributed by atoms with Crippen LogP contribution in [0.4, 0.5) is 0 Å². The zero-order valence-electron chi connectivity index (χ0n) is 18.9. The number of benzene rings is 2. The van der Waals surface area contributed by atoms with Gasteiger partial charge in [0.2, 0.25) is 5.82 Å². The fourth-order valence-corrected chi connectivity index (χ4v) is 4.81. The molecule has 7 nitrogen and oxygen atoms in total. The van der Waals surface area contributed by atoms with E-state index in [4.69, 9.17) is 9.26 Å². The molecule has 0 aliphatic carbocycles. The molecule has 33 heavy (non-hydrogen) atoms. The van der Waals surface area contributed by atoms with E-state index in [1.165, 1.54) is 32.4 Å². The SMILES string of the molecule is O=C(c1ccccc1OCc1nc(-c2ccccc2)no1)N1CCC(N2CCCCC2)CC1. The fraction of sp³-hybridized carbons (Fsp3) is 0.423. The van der Waals surface area contributed by atoms with Crippen LogP contribution in [0.5, 0.6) is 5.75 Å². The molecule has 3 aromatic rings. The first-order valence-corrected chi connectivity index (χ1v) is 11.9. The number of ether oxygens (including phenoxy) is 1. The van der Waals surface area contributed by atoms with Crippen LogP contribution in [0, 0.1) is 0 Å². The molecule has 0 spiro atoms. The maximum atomic E-state index is 13.3. The number of likely N-dealkylation sites (tertiary alicyclic amines) is 2. The van der Waals surface area contributed by atoms with E-state index in [1.807, 2.05) is 59.5 Å². The molecular weight excluding hydrogens is 416 g/mol. The number of carbonyl (C=O) groups is 1. The zero-order valence-corrected chi connectivity index (χ0v) is 18.9. The third-order valence-corrected chi connectivity index (χ3v) is 6.63. The Kier molecular flexibility index (Phi) is 6.67. The van der Waals surface area contributed by atoms with Gasteiger partial charge in [-0.05, 0) is 50.9 Å². The molecule has 3 heterocycles. The van der Waals surface area contributed by atoms with Crippen molar-refractivity contribution in [2.24, 2.45) is 0 Å². The van der Waals surface area contributed by atoms with Gasteiger partial charge in [-0.2, -0.15) is 4.98 Å². The van der Waals surface area contributed by atoms with Crippen molar-refractivity contribution in [2.45, 2.75) is 44.8 Å². The summed E-state index contributed by atoms with van der Waals surface area (Å²) in [6.45, 7) is 4.10. The fourth-order valence-electron chi connectivity index (χ4n) is 4.81. The normalized spacial score (nSPS) is 17.8. The first-order chi connectivity index (χ1) is 16.3. The highest BCUT2D eigenvalue weighted by Gasteiger charge is 2.29. The highest BCUT2D eigenvalue weighted by atomic mass is 16.5. The first-order valence-electron chi connectivity index (χ1n) is 11.9. The lowest BCUT2D eigenvalue weighted by Crippen LogP contribution is -2.48. The second-order valence-corrected chi connectivity index (χ2v) is 8.78. The van der Waals surface area contributed by atoms with Crippen molar-refractivity contribution in [1.29, 1.82) is 0 Å². The molecule has 0 unspecified atom stereocenters. The first kappa shape index (κ1) is 21.6. The molecule has 5 rings (SSSR count). The van der Waals surface area contributed by atoms with Crippen LogP contribution in [-0.4, -0.2) is 58.1 Å². The zero-order chi connectivity index (χ0) is 22.5. The second kappa shape index (κ2) is 10.2. The van der Waals surface area contributed by atoms with Crippen molar-refractivity contribution in [2.75, 3.05) is 26.2 Å². The predicted molar refractivity (Wildman–Crippen MR) is 125 cm³/mol. The quantitative estimate of drug-likeness (QED) is 0.559. The van der Waals surface area contributed by atoms with Crippen LogP contribution in [0.3, 0.4) is 0 Å². The highest BCUT2D eigenvalue weighted by Crippen LogP contribution is 2.26. The Labute approximate surface area is 194 Å². The number of carbonyl (C=O) groups excluding carboxylic acids is 1. The van der Waals surface area contributed by atoms with Crippen LogP contribution < -0.4 is 4.74 Å². The smallest absolute Gasteiger partial charge is 0.264 e. The molecule has 0 radical (unpaired) electrons. The molecule has 2 aromatic carbocycles. The van der Waals surface area contributed by atoms with Gasteiger partial charge in [-0.1, -0.05) is 54.0 Å². The number of nitrogens with zero attached hydrogens (tertiary/aromatic N) is 4. The second-order valence-electron chi connectivity index (χ2n) is 8.78. The lowest BCUT2D eigenvalue weighted by molar-refractivity contribution is 0.0585. The average Bonchev–Trinajstić information content (AvgIpc) is 3.38. The number of hydrogen-bond acceptors (Lipinski definition) is 6. The molecule has 0 atom stereocenters. The summed E-state index contributed by atoms with van der Waals surface area (Å²) in [4.78, 5) is 22.3. The van der Waals surface area contributed by atoms with E-state index in [-0.39, 0.29) is 12.5 Å². The van der Waals surface area contributed by atoms with Crippen LogP contribution in [0.15, 0.2) is 59.1 Å². The van der Waals surface area contributed by atoms with E-state index in [2.05, 4.69) is 15.0 Å². The summed E-state index contributed by atoms with van der Waals surface area (Å²) in [6, 6.07) is 17.7. The number of rotatable bonds is 6. The minimum Gasteiger partial charge on any atom is -0.483 e. The van der Waals surface area contributed by atoms with Crippen molar-refractivity contribution in [3.63, 3.8) is 0 Å². The van der Waals surface area contributed by atoms with Gasteiger partial charge in [0.05, 0.1) is 5.56 Å². The molecule has 2 fully saturated rings. The number of piperidine rings is 2. The lowest BCUT2D eigenvalue weighted by atomic mass is 9.99. The summed E-state index contributed by atoms with van der Waals surface area (Å²) in [5.74, 6) is 1.46. The standard InChI is InChI=1S/C26H30N4O3/c31-26(30-17-13-21(14-18-30)29-15-7-2-8-16-29)22-11-5-6-12-23(22)32-19-24-27-25(28-33-24)20-9-3-1-4-10-20/h1,3-6,9-12,21H,2,7-8,13-19H2. The van der Waals surface area contributed by atoms with E-state index in [0.717, 1.165) is 31.5 Å². The minimum atomic E-state index is 0.0261. The Morgan fingerprint density at radius 3 is 2.45 bits per heavy atom. The van der Waals surface area contributed by atoms with Gasteiger partial charge in [0.15, 0.2) is 6.61 Å². The molecule has 0 saturated carbocycles. The molecule has 2 aliphatic rings. The Hall–Kier alpha value is -3.19. The average molecular weight is 447 g/mol. The lowest BCUT2D eigenvalue weighted by Gasteiger charge is -2.40. The molecule has 1 amide bonds. The van der Waals surface area contributed by atoms with Crippen LogP contribution >= 0.6 is 0 Å². The van der Waals surface area contributed by atoms with Gasteiger partial charge in [-0.15, -0.1) is 0 Å². The summed E-state index contributed by atoms with van der Waals surface area (Å²) < 4.78 is 11.3. The third-order valence-electron chi connectivity index (χ3n) is 6.63. The van der Waals surface area contributed by atoms with Crippen molar-refractivity contribution in [3.05, 3.63) is 66.1 Å². The van der Waals surface area contributed by atoms with E-state index < -0.39 is 0 Å². The monoisotopic (exact) mass is 446 g/mol. The van der Waals surface area contributed by atoms with Gasteiger partial charge in [-0.25, -0.2) is 0 Å². The van der Waals surface area contributed by atoms with E-state index in [9.17, 15) is 4.79 Å². The number of aromatic nitrogens is 2. The summed E-state index contributed by atoms with van der Waals surface area (Å²) in [6.07, 6.45) is 6.04. The molecule has 2 aliphatic heterocycles. The Morgan fingerprint density at radius 2 is 1.67 bits per heavy atom. The van der Waals surface area contributed by atoms with Crippen molar-refractivity contribution >= 4 is 5.91 Å². The maximum Gasteiger partial charge on any atom is 0.264 e. The number of amides is 1. The van der Waals surface area contributed by atoms with E-state index >= 15 is 0 Å². The van der Waals surface area contributed by atoms with Crippen LogP contribution in [0.1, 0.15) is 48.4 Å². The molecule has 2 saturated heterocycles. The third kappa shape index (κ3) is 5.09. The molecule has 1 aromatic heterocycles. The van der Waals surface area contributed by atoms with Gasteiger partial charge in [-0.3, -0.25) is 4.79 Å². The minimum absolute atomic E-state index is 0.0261. The molecule has 0 N–H and O–H groups in total. The number of hydrogen-bond donors (Lipinski definition) is 0. The summed E-state index contributed by atoms with van der Waals surface area (Å²) >= 11 is 0. The van der Waals surface area contributed by atoms with E-state index in [0.29, 0.717) is 29.1 Å². The summed E-state index contributed by atoms with van der Waals surface area (Å²) in [5.41, 5.74) is 1.47. The van der Waals surface area contributed by atoms with Gasteiger partial charge < -0.3 is 19.1 Å². The van der Waals surface area contributed by atoms with Gasteiger partial charge in [0.1, 0.15) is 5.75 Å². The number of para-hydroxylation sites is 1. The molecule has 7 heteroatoms. The van der Waals surface area contributed by atoms with Gasteiger partial charge in [0.25, 0.3) is 11.8 Å². The van der Waals surface area contributed by atoms with Gasteiger partial charge >= 0.3 is 0 Å². The highest BCUT2D eigenvalue weighted by molar-refractivity contribution is 5.97. The van der Waals surface area contributed by atoms with Gasteiger partial charge in [0, 0.05) is 24.7 Å². The van der Waals surface area contributed by atoms with Crippen molar-refractivity contribution in [1.82, 2.24) is 19.9 Å². The maximum absolute atomic E-state index is 13.3.